The van der Waals surface area contributed by atoms with Crippen molar-refractivity contribution >= 4 is 34.9 Å². The van der Waals surface area contributed by atoms with Gasteiger partial charge in [0.2, 0.25) is 0 Å². The maximum absolute atomic E-state index is 11.8. The summed E-state index contributed by atoms with van der Waals surface area (Å²) in [4.78, 5) is 14.6. The van der Waals surface area contributed by atoms with Gasteiger partial charge in [0.1, 0.15) is 5.75 Å². The van der Waals surface area contributed by atoms with E-state index in [2.05, 4.69) is 10.3 Å². The van der Waals surface area contributed by atoms with Gasteiger partial charge in [0, 0.05) is 11.1 Å². The summed E-state index contributed by atoms with van der Waals surface area (Å²) in [6, 6.07) is 8.69. The third-order valence-corrected chi connectivity index (χ3v) is 3.02. The fourth-order valence-electron chi connectivity index (χ4n) is 1.67. The molecule has 6 heteroatoms. The van der Waals surface area contributed by atoms with Crippen LogP contribution < -0.4 is 15.0 Å². The molecule has 0 aliphatic heterocycles. The van der Waals surface area contributed by atoms with Crippen LogP contribution in [-0.2, 0) is 4.79 Å². The SMILES string of the molecule is Cc1cc(Cl)cc(Cl)c1OCC(=O)Nc1cccc[nH+]1. The molecule has 0 aliphatic rings. The summed E-state index contributed by atoms with van der Waals surface area (Å²) in [5.74, 6) is 0.779. The molecule has 0 bridgehead atoms. The molecule has 1 amide bonds. The number of halogens is 2. The van der Waals surface area contributed by atoms with E-state index in [4.69, 9.17) is 27.9 Å². The average molecular weight is 312 g/mol. The van der Waals surface area contributed by atoms with Gasteiger partial charge < -0.3 is 4.74 Å². The van der Waals surface area contributed by atoms with E-state index in [0.29, 0.717) is 21.6 Å². The van der Waals surface area contributed by atoms with Crippen LogP contribution in [-0.4, -0.2) is 12.5 Å². The van der Waals surface area contributed by atoms with Gasteiger partial charge in [-0.1, -0.05) is 29.3 Å². The molecule has 0 saturated carbocycles. The summed E-state index contributed by atoms with van der Waals surface area (Å²) in [6.07, 6.45) is 1.72. The second-order valence-electron chi connectivity index (χ2n) is 4.15. The Bertz CT molecular complexity index is 595. The van der Waals surface area contributed by atoms with Crippen molar-refractivity contribution in [2.24, 2.45) is 0 Å². The molecule has 0 atom stereocenters. The molecule has 2 N–H and O–H groups in total. The molecule has 4 nitrogen and oxygen atoms in total. The lowest BCUT2D eigenvalue weighted by Crippen LogP contribution is -2.24. The van der Waals surface area contributed by atoms with Crippen molar-refractivity contribution in [3.63, 3.8) is 0 Å². The number of amides is 1. The van der Waals surface area contributed by atoms with Gasteiger partial charge in [0.05, 0.1) is 11.2 Å². The lowest BCUT2D eigenvalue weighted by atomic mass is 10.2. The maximum atomic E-state index is 11.8. The van der Waals surface area contributed by atoms with E-state index in [0.717, 1.165) is 5.56 Å². The number of hydrogen-bond acceptors (Lipinski definition) is 2. The largest absolute Gasteiger partial charge is 0.479 e. The molecule has 104 valence electrons. The molecule has 20 heavy (non-hydrogen) atoms. The van der Waals surface area contributed by atoms with E-state index in [1.165, 1.54) is 0 Å². The summed E-state index contributed by atoms with van der Waals surface area (Å²) in [5.41, 5.74) is 0.779. The lowest BCUT2D eigenvalue weighted by Gasteiger charge is -2.09. The van der Waals surface area contributed by atoms with E-state index in [1.807, 2.05) is 19.1 Å². The van der Waals surface area contributed by atoms with Gasteiger partial charge in [-0.25, -0.2) is 15.1 Å². The summed E-state index contributed by atoms with van der Waals surface area (Å²) in [5, 5.41) is 3.59. The zero-order valence-corrected chi connectivity index (χ0v) is 12.3. The first kappa shape index (κ1) is 14.6. The summed E-state index contributed by atoms with van der Waals surface area (Å²) >= 11 is 11.9. The minimum absolute atomic E-state index is 0.134. The van der Waals surface area contributed by atoms with Crippen LogP contribution >= 0.6 is 23.2 Å². The Morgan fingerprint density at radius 3 is 2.80 bits per heavy atom. The topological polar surface area (TPSA) is 52.5 Å². The van der Waals surface area contributed by atoms with Crippen LogP contribution in [0.1, 0.15) is 5.56 Å². The molecule has 2 rings (SSSR count). The van der Waals surface area contributed by atoms with Crippen LogP contribution in [0, 0.1) is 6.92 Å². The summed E-state index contributed by atoms with van der Waals surface area (Å²) < 4.78 is 5.44. The Morgan fingerprint density at radius 1 is 1.35 bits per heavy atom. The highest BCUT2D eigenvalue weighted by molar-refractivity contribution is 6.35. The van der Waals surface area contributed by atoms with Crippen LogP contribution in [0.15, 0.2) is 36.5 Å². The number of pyridine rings is 1. The highest BCUT2D eigenvalue weighted by atomic mass is 35.5. The molecule has 1 aromatic heterocycles. The number of aromatic nitrogens is 1. The number of aromatic amines is 1. The number of anilines is 1. The first-order chi connectivity index (χ1) is 9.56. The van der Waals surface area contributed by atoms with Crippen molar-refractivity contribution < 1.29 is 14.5 Å². The molecule has 0 spiro atoms. The molecule has 0 unspecified atom stereocenters. The van der Waals surface area contributed by atoms with Crippen LogP contribution in [0.2, 0.25) is 10.0 Å². The highest BCUT2D eigenvalue weighted by Gasteiger charge is 2.13. The molecule has 2 aromatic rings. The molecule has 0 radical (unpaired) electrons. The summed E-state index contributed by atoms with van der Waals surface area (Å²) in [6.45, 7) is 1.68. The van der Waals surface area contributed by atoms with Gasteiger partial charge in [0.15, 0.2) is 6.61 Å². The average Bonchev–Trinajstić information content (AvgIpc) is 2.38. The smallest absolute Gasteiger partial charge is 0.345 e. The minimum atomic E-state index is -0.280. The number of carbonyl (C=O) groups excluding carboxylic acids is 1. The Kier molecular flexibility index (Phi) is 4.82. The second-order valence-corrected chi connectivity index (χ2v) is 4.99. The number of carbonyl (C=O) groups is 1. The van der Waals surface area contributed by atoms with Gasteiger partial charge in [-0.15, -0.1) is 0 Å². The van der Waals surface area contributed by atoms with E-state index >= 15 is 0 Å². The van der Waals surface area contributed by atoms with Crippen molar-refractivity contribution in [3.8, 4) is 5.75 Å². The number of nitrogens with one attached hydrogen (secondary N) is 2. The fourth-order valence-corrected chi connectivity index (χ4v) is 2.32. The predicted octanol–water partition coefficient (Wildman–Crippen LogP) is 3.13. The molecular formula is C14H13Cl2N2O2+. The fraction of sp³-hybridized carbons (Fsp3) is 0.143. The van der Waals surface area contributed by atoms with Gasteiger partial charge in [0.25, 0.3) is 5.82 Å². The zero-order chi connectivity index (χ0) is 14.5. The Labute approximate surface area is 126 Å². The number of hydrogen-bond donors (Lipinski definition) is 1. The molecular weight excluding hydrogens is 299 g/mol. The number of ether oxygens (including phenoxy) is 1. The third-order valence-electron chi connectivity index (χ3n) is 2.52. The molecule has 1 heterocycles. The Hall–Kier alpha value is -1.78. The van der Waals surface area contributed by atoms with E-state index in [9.17, 15) is 4.79 Å². The van der Waals surface area contributed by atoms with Crippen molar-refractivity contribution in [1.29, 1.82) is 0 Å². The van der Waals surface area contributed by atoms with Crippen molar-refractivity contribution in [2.45, 2.75) is 6.92 Å². The van der Waals surface area contributed by atoms with Gasteiger partial charge in [-0.3, -0.25) is 0 Å². The Balaban J connectivity index is 1.97. The van der Waals surface area contributed by atoms with Crippen molar-refractivity contribution in [3.05, 3.63) is 52.1 Å². The molecule has 0 aliphatic carbocycles. The number of benzene rings is 1. The predicted molar refractivity (Wildman–Crippen MR) is 78.3 cm³/mol. The number of rotatable bonds is 4. The minimum Gasteiger partial charge on any atom is -0.479 e. The van der Waals surface area contributed by atoms with Crippen molar-refractivity contribution in [2.75, 3.05) is 11.9 Å². The number of aryl methyl sites for hydroxylation is 1. The van der Waals surface area contributed by atoms with Gasteiger partial charge in [-0.2, -0.15) is 0 Å². The zero-order valence-electron chi connectivity index (χ0n) is 10.7. The van der Waals surface area contributed by atoms with E-state index in [1.54, 1.807) is 24.4 Å². The quantitative estimate of drug-likeness (QED) is 0.943. The van der Waals surface area contributed by atoms with Crippen LogP contribution in [0.4, 0.5) is 5.82 Å². The highest BCUT2D eigenvalue weighted by Crippen LogP contribution is 2.31. The molecule has 0 saturated heterocycles. The Morgan fingerprint density at radius 2 is 2.15 bits per heavy atom. The van der Waals surface area contributed by atoms with E-state index in [-0.39, 0.29) is 12.5 Å². The lowest BCUT2D eigenvalue weighted by molar-refractivity contribution is -0.360. The standard InChI is InChI=1S/C14H12Cl2N2O2/c1-9-6-10(15)7-11(16)14(9)20-8-13(19)18-12-4-2-3-5-17-12/h2-7H,8H2,1H3,(H,17,18,19)/p+1. The van der Waals surface area contributed by atoms with Gasteiger partial charge in [-0.05, 0) is 30.7 Å². The molecule has 1 aromatic carbocycles. The van der Waals surface area contributed by atoms with Crippen LogP contribution in [0.5, 0.6) is 5.75 Å². The number of H-pyrrole nitrogens is 1. The molecule has 0 fully saturated rings. The third kappa shape index (κ3) is 3.85. The monoisotopic (exact) mass is 311 g/mol. The van der Waals surface area contributed by atoms with Crippen LogP contribution in [0.25, 0.3) is 0 Å². The van der Waals surface area contributed by atoms with Gasteiger partial charge >= 0.3 is 5.91 Å². The van der Waals surface area contributed by atoms with E-state index < -0.39 is 0 Å². The maximum Gasteiger partial charge on any atom is 0.345 e. The first-order valence-corrected chi connectivity index (χ1v) is 6.67. The second kappa shape index (κ2) is 6.59. The van der Waals surface area contributed by atoms with Crippen LogP contribution in [0.3, 0.4) is 0 Å². The summed E-state index contributed by atoms with van der Waals surface area (Å²) in [7, 11) is 0. The first-order valence-electron chi connectivity index (χ1n) is 5.91. The van der Waals surface area contributed by atoms with Crippen molar-refractivity contribution in [1.82, 2.24) is 0 Å². The normalized spacial score (nSPS) is 10.2.